The van der Waals surface area contributed by atoms with Crippen LogP contribution >= 0.6 is 22.9 Å². The highest BCUT2D eigenvalue weighted by Crippen LogP contribution is 2.43. The van der Waals surface area contributed by atoms with Crippen LogP contribution in [0.2, 0.25) is 4.34 Å². The van der Waals surface area contributed by atoms with Crippen LogP contribution in [-0.2, 0) is 0 Å². The Morgan fingerprint density at radius 3 is 2.75 bits per heavy atom. The summed E-state index contributed by atoms with van der Waals surface area (Å²) in [6, 6.07) is 4.66. The van der Waals surface area contributed by atoms with Gasteiger partial charge in [-0.05, 0) is 37.9 Å². The molecule has 2 rings (SSSR count). The number of rotatable bonds is 3. The van der Waals surface area contributed by atoms with Gasteiger partial charge in [0.2, 0.25) is 0 Å². The summed E-state index contributed by atoms with van der Waals surface area (Å²) < 4.78 is 0.894. The molecule has 0 saturated heterocycles. The summed E-state index contributed by atoms with van der Waals surface area (Å²) in [5.41, 5.74) is 0. The monoisotopic (exact) mass is 201 g/mol. The lowest BCUT2D eigenvalue weighted by Gasteiger charge is -2.12. The van der Waals surface area contributed by atoms with Crippen molar-refractivity contribution in [3.63, 3.8) is 0 Å². The molecule has 0 spiro atoms. The van der Waals surface area contributed by atoms with Gasteiger partial charge in [0.05, 0.1) is 4.34 Å². The van der Waals surface area contributed by atoms with E-state index in [1.165, 1.54) is 17.7 Å². The number of hydrogen-bond donors (Lipinski definition) is 1. The third-order valence-corrected chi connectivity index (χ3v) is 3.62. The van der Waals surface area contributed by atoms with Crippen LogP contribution in [0.5, 0.6) is 0 Å². The Labute approximate surface area is 81.7 Å². The molecule has 66 valence electrons. The van der Waals surface area contributed by atoms with Gasteiger partial charge < -0.3 is 5.32 Å². The fraction of sp³-hybridized carbons (Fsp3) is 0.556. The highest BCUT2D eigenvalue weighted by molar-refractivity contribution is 7.16. The number of halogens is 1. The Kier molecular flexibility index (Phi) is 2.40. The maximum Gasteiger partial charge on any atom is 0.0931 e. The van der Waals surface area contributed by atoms with Crippen molar-refractivity contribution in [2.75, 3.05) is 7.05 Å². The molecule has 12 heavy (non-hydrogen) atoms. The topological polar surface area (TPSA) is 12.0 Å². The molecule has 1 saturated carbocycles. The van der Waals surface area contributed by atoms with Crippen molar-refractivity contribution in [3.05, 3.63) is 21.3 Å². The summed E-state index contributed by atoms with van der Waals surface area (Å²) in [5, 5.41) is 3.35. The molecule has 1 aliphatic rings. The average Bonchev–Trinajstić information content (AvgIpc) is 2.78. The molecule has 0 aliphatic heterocycles. The van der Waals surface area contributed by atoms with Gasteiger partial charge in [0, 0.05) is 10.9 Å². The van der Waals surface area contributed by atoms with Gasteiger partial charge in [-0.25, -0.2) is 0 Å². The zero-order valence-corrected chi connectivity index (χ0v) is 8.58. The van der Waals surface area contributed by atoms with Crippen molar-refractivity contribution in [1.29, 1.82) is 0 Å². The van der Waals surface area contributed by atoms with Crippen LogP contribution in [0.4, 0.5) is 0 Å². The van der Waals surface area contributed by atoms with E-state index in [-0.39, 0.29) is 0 Å². The number of hydrogen-bond acceptors (Lipinski definition) is 2. The highest BCUT2D eigenvalue weighted by atomic mass is 35.5. The van der Waals surface area contributed by atoms with Crippen molar-refractivity contribution in [3.8, 4) is 0 Å². The van der Waals surface area contributed by atoms with Crippen LogP contribution in [-0.4, -0.2) is 7.05 Å². The fourth-order valence-electron chi connectivity index (χ4n) is 1.54. The lowest BCUT2D eigenvalue weighted by atomic mass is 10.1. The van der Waals surface area contributed by atoms with E-state index in [4.69, 9.17) is 11.6 Å². The minimum absolute atomic E-state index is 0.544. The Morgan fingerprint density at radius 1 is 1.58 bits per heavy atom. The molecule has 0 radical (unpaired) electrons. The zero-order valence-electron chi connectivity index (χ0n) is 7.01. The van der Waals surface area contributed by atoms with Crippen molar-refractivity contribution in [2.24, 2.45) is 5.92 Å². The van der Waals surface area contributed by atoms with E-state index in [0.717, 1.165) is 10.3 Å². The Morgan fingerprint density at radius 2 is 2.33 bits per heavy atom. The molecular formula is C9H12ClNS. The van der Waals surface area contributed by atoms with Crippen molar-refractivity contribution in [1.82, 2.24) is 5.32 Å². The molecule has 1 atom stereocenters. The predicted octanol–water partition coefficient (Wildman–Crippen LogP) is 3.07. The number of thiophene rings is 1. The maximum atomic E-state index is 5.88. The second-order valence-corrected chi connectivity index (χ2v) is 4.99. The highest BCUT2D eigenvalue weighted by Gasteiger charge is 2.31. The molecule has 1 fully saturated rings. The first-order chi connectivity index (χ1) is 5.81. The van der Waals surface area contributed by atoms with Crippen molar-refractivity contribution in [2.45, 2.75) is 18.9 Å². The quantitative estimate of drug-likeness (QED) is 0.793. The molecule has 1 aliphatic carbocycles. The first kappa shape index (κ1) is 8.54. The second kappa shape index (κ2) is 3.36. The first-order valence-electron chi connectivity index (χ1n) is 4.24. The fourth-order valence-corrected chi connectivity index (χ4v) is 2.80. The molecule has 0 aromatic carbocycles. The summed E-state index contributed by atoms with van der Waals surface area (Å²) in [6.45, 7) is 0. The minimum Gasteiger partial charge on any atom is -0.312 e. The Hall–Kier alpha value is -0.0500. The van der Waals surface area contributed by atoms with Crippen LogP contribution in [0, 0.1) is 5.92 Å². The molecule has 0 bridgehead atoms. The maximum absolute atomic E-state index is 5.88. The molecule has 1 unspecified atom stereocenters. The van der Waals surface area contributed by atoms with Gasteiger partial charge in [0.1, 0.15) is 0 Å². The van der Waals surface area contributed by atoms with E-state index in [9.17, 15) is 0 Å². The Balaban J connectivity index is 2.15. The van der Waals surface area contributed by atoms with Crippen LogP contribution in [0.15, 0.2) is 12.1 Å². The third kappa shape index (κ3) is 1.65. The van der Waals surface area contributed by atoms with E-state index in [1.54, 1.807) is 11.3 Å². The number of nitrogens with one attached hydrogen (secondary N) is 1. The third-order valence-electron chi connectivity index (χ3n) is 2.30. The summed E-state index contributed by atoms with van der Waals surface area (Å²) in [6.07, 6.45) is 2.72. The van der Waals surface area contributed by atoms with Crippen molar-refractivity contribution < 1.29 is 0 Å². The van der Waals surface area contributed by atoms with Gasteiger partial charge in [-0.15, -0.1) is 11.3 Å². The van der Waals surface area contributed by atoms with Gasteiger partial charge in [-0.1, -0.05) is 11.6 Å². The van der Waals surface area contributed by atoms with E-state index in [2.05, 4.69) is 11.4 Å². The summed E-state index contributed by atoms with van der Waals surface area (Å²) in [4.78, 5) is 1.38. The summed E-state index contributed by atoms with van der Waals surface area (Å²) in [5.74, 6) is 0.852. The van der Waals surface area contributed by atoms with Crippen LogP contribution in [0.25, 0.3) is 0 Å². The molecule has 1 N–H and O–H groups in total. The molecule has 3 heteroatoms. The van der Waals surface area contributed by atoms with Gasteiger partial charge in [0.25, 0.3) is 0 Å². The van der Waals surface area contributed by atoms with Gasteiger partial charge in [-0.2, -0.15) is 0 Å². The molecule has 1 heterocycles. The van der Waals surface area contributed by atoms with Crippen LogP contribution in [0.3, 0.4) is 0 Å². The van der Waals surface area contributed by atoms with E-state index >= 15 is 0 Å². The summed E-state index contributed by atoms with van der Waals surface area (Å²) >= 11 is 7.57. The molecule has 0 amide bonds. The van der Waals surface area contributed by atoms with E-state index in [1.807, 2.05) is 13.1 Å². The average molecular weight is 202 g/mol. The molecular weight excluding hydrogens is 190 g/mol. The standard InChI is InChI=1S/C9H12ClNS/c1-11-9(6-2-3-6)7-4-5-8(10)12-7/h4-6,9,11H,2-3H2,1H3. The van der Waals surface area contributed by atoms with Gasteiger partial charge >= 0.3 is 0 Å². The molecule has 1 aromatic heterocycles. The van der Waals surface area contributed by atoms with Crippen LogP contribution in [0.1, 0.15) is 23.8 Å². The second-order valence-electron chi connectivity index (χ2n) is 3.25. The van der Waals surface area contributed by atoms with E-state index < -0.39 is 0 Å². The lowest BCUT2D eigenvalue weighted by Crippen LogP contribution is -2.16. The normalized spacial score (nSPS) is 19.5. The lowest BCUT2D eigenvalue weighted by molar-refractivity contribution is 0.537. The molecule has 1 aromatic rings. The predicted molar refractivity (Wildman–Crippen MR) is 53.9 cm³/mol. The smallest absolute Gasteiger partial charge is 0.0931 e. The summed E-state index contributed by atoms with van der Waals surface area (Å²) in [7, 11) is 2.02. The largest absolute Gasteiger partial charge is 0.312 e. The minimum atomic E-state index is 0.544. The zero-order chi connectivity index (χ0) is 8.55. The van der Waals surface area contributed by atoms with Gasteiger partial charge in [0.15, 0.2) is 0 Å². The van der Waals surface area contributed by atoms with Crippen LogP contribution < -0.4 is 5.32 Å². The van der Waals surface area contributed by atoms with Gasteiger partial charge in [-0.3, -0.25) is 0 Å². The molecule has 1 nitrogen and oxygen atoms in total. The van der Waals surface area contributed by atoms with Crippen molar-refractivity contribution >= 4 is 22.9 Å². The first-order valence-corrected chi connectivity index (χ1v) is 5.43. The Bertz CT molecular complexity index is 267. The SMILES string of the molecule is CNC(c1ccc(Cl)s1)C1CC1. The van der Waals surface area contributed by atoms with E-state index in [0.29, 0.717) is 6.04 Å².